The van der Waals surface area contributed by atoms with Crippen LogP contribution < -0.4 is 19.5 Å². The molecule has 1 N–H and O–H groups in total. The third-order valence-electron chi connectivity index (χ3n) is 3.73. The van der Waals surface area contributed by atoms with Crippen LogP contribution >= 0.6 is 0 Å². The van der Waals surface area contributed by atoms with E-state index in [9.17, 15) is 4.79 Å². The van der Waals surface area contributed by atoms with E-state index < -0.39 is 0 Å². The standard InChI is InChI=1S/C19H23NO4/c1-13-5-8-16(9-6-13)24-12-18(21)20-11-15-7-10-17(22-3)14(2)19(15)23-4/h5-10H,11-12H2,1-4H3,(H,20,21). The Hall–Kier alpha value is -2.69. The molecule has 0 saturated carbocycles. The van der Waals surface area contributed by atoms with Crippen molar-refractivity contribution in [3.05, 3.63) is 53.1 Å². The molecule has 128 valence electrons. The van der Waals surface area contributed by atoms with Crippen LogP contribution in [0.2, 0.25) is 0 Å². The molecule has 0 heterocycles. The Morgan fingerprint density at radius 3 is 2.33 bits per heavy atom. The van der Waals surface area contributed by atoms with Crippen molar-refractivity contribution in [3.8, 4) is 17.2 Å². The maximum atomic E-state index is 12.0. The highest BCUT2D eigenvalue weighted by molar-refractivity contribution is 5.77. The molecule has 2 aromatic carbocycles. The molecular weight excluding hydrogens is 306 g/mol. The van der Waals surface area contributed by atoms with E-state index in [1.165, 1.54) is 0 Å². The fraction of sp³-hybridized carbons (Fsp3) is 0.316. The minimum absolute atomic E-state index is 0.0273. The molecule has 2 rings (SSSR count). The van der Waals surface area contributed by atoms with Gasteiger partial charge in [0, 0.05) is 17.7 Å². The van der Waals surface area contributed by atoms with E-state index in [-0.39, 0.29) is 12.5 Å². The van der Waals surface area contributed by atoms with E-state index in [2.05, 4.69) is 5.32 Å². The van der Waals surface area contributed by atoms with Crippen molar-refractivity contribution < 1.29 is 19.0 Å². The minimum Gasteiger partial charge on any atom is -0.496 e. The van der Waals surface area contributed by atoms with Crippen molar-refractivity contribution in [2.45, 2.75) is 20.4 Å². The molecule has 5 nitrogen and oxygen atoms in total. The van der Waals surface area contributed by atoms with Crippen LogP contribution in [0.15, 0.2) is 36.4 Å². The highest BCUT2D eigenvalue weighted by Gasteiger charge is 2.12. The molecule has 0 aliphatic carbocycles. The Labute approximate surface area is 142 Å². The first-order valence-electron chi connectivity index (χ1n) is 7.71. The Bertz CT molecular complexity index is 695. The van der Waals surface area contributed by atoms with Gasteiger partial charge in [0.15, 0.2) is 6.61 Å². The Kier molecular flexibility index (Phi) is 6.07. The second-order valence-electron chi connectivity index (χ2n) is 5.46. The van der Waals surface area contributed by atoms with Crippen molar-refractivity contribution in [3.63, 3.8) is 0 Å². The molecule has 0 fully saturated rings. The first-order chi connectivity index (χ1) is 11.5. The van der Waals surface area contributed by atoms with E-state index in [4.69, 9.17) is 14.2 Å². The first kappa shape index (κ1) is 17.7. The van der Waals surface area contributed by atoms with Crippen LogP contribution in [0, 0.1) is 13.8 Å². The number of methoxy groups -OCH3 is 2. The predicted molar refractivity (Wildman–Crippen MR) is 92.8 cm³/mol. The monoisotopic (exact) mass is 329 g/mol. The quantitative estimate of drug-likeness (QED) is 0.848. The number of hydrogen-bond acceptors (Lipinski definition) is 4. The van der Waals surface area contributed by atoms with Gasteiger partial charge >= 0.3 is 0 Å². The molecule has 0 radical (unpaired) electrons. The number of nitrogens with one attached hydrogen (secondary N) is 1. The van der Waals surface area contributed by atoms with E-state index >= 15 is 0 Å². The lowest BCUT2D eigenvalue weighted by atomic mass is 10.1. The van der Waals surface area contributed by atoms with Crippen LogP contribution in [0.4, 0.5) is 0 Å². The zero-order valence-electron chi connectivity index (χ0n) is 14.5. The lowest BCUT2D eigenvalue weighted by Crippen LogP contribution is -2.28. The van der Waals surface area contributed by atoms with Gasteiger partial charge in [0.1, 0.15) is 17.2 Å². The number of amides is 1. The molecule has 2 aromatic rings. The summed E-state index contributed by atoms with van der Waals surface area (Å²) in [5.41, 5.74) is 2.94. The zero-order valence-corrected chi connectivity index (χ0v) is 14.5. The second-order valence-corrected chi connectivity index (χ2v) is 5.46. The molecule has 0 aliphatic rings. The van der Waals surface area contributed by atoms with Gasteiger partial charge in [0.05, 0.1) is 14.2 Å². The molecule has 0 unspecified atom stereocenters. The number of benzene rings is 2. The van der Waals surface area contributed by atoms with E-state index in [1.54, 1.807) is 14.2 Å². The highest BCUT2D eigenvalue weighted by atomic mass is 16.5. The maximum Gasteiger partial charge on any atom is 0.258 e. The summed E-state index contributed by atoms with van der Waals surface area (Å²) in [6.45, 7) is 4.26. The van der Waals surface area contributed by atoms with Crippen LogP contribution in [0.5, 0.6) is 17.2 Å². The predicted octanol–water partition coefficient (Wildman–Crippen LogP) is 3.02. The van der Waals surface area contributed by atoms with Gasteiger partial charge in [-0.3, -0.25) is 4.79 Å². The molecular formula is C19H23NO4. The van der Waals surface area contributed by atoms with Gasteiger partial charge in [-0.05, 0) is 38.1 Å². The zero-order chi connectivity index (χ0) is 17.5. The molecule has 0 saturated heterocycles. The lowest BCUT2D eigenvalue weighted by Gasteiger charge is -2.15. The summed E-state index contributed by atoms with van der Waals surface area (Å²) in [5, 5.41) is 2.84. The highest BCUT2D eigenvalue weighted by Crippen LogP contribution is 2.31. The van der Waals surface area contributed by atoms with E-state index in [1.807, 2.05) is 50.2 Å². The van der Waals surface area contributed by atoms with Crippen LogP contribution in [0.25, 0.3) is 0 Å². The van der Waals surface area contributed by atoms with Gasteiger partial charge in [-0.15, -0.1) is 0 Å². The van der Waals surface area contributed by atoms with Crippen molar-refractivity contribution >= 4 is 5.91 Å². The van der Waals surface area contributed by atoms with Crippen LogP contribution in [0.1, 0.15) is 16.7 Å². The lowest BCUT2D eigenvalue weighted by molar-refractivity contribution is -0.123. The molecule has 0 aliphatic heterocycles. The van der Waals surface area contributed by atoms with Crippen LogP contribution in [-0.2, 0) is 11.3 Å². The van der Waals surface area contributed by atoms with Crippen molar-refractivity contribution in [1.82, 2.24) is 5.32 Å². The number of hydrogen-bond donors (Lipinski definition) is 1. The molecule has 0 atom stereocenters. The third-order valence-corrected chi connectivity index (χ3v) is 3.73. The number of carbonyl (C=O) groups is 1. The van der Waals surface area contributed by atoms with Gasteiger partial charge in [0.25, 0.3) is 5.91 Å². The van der Waals surface area contributed by atoms with E-state index in [0.29, 0.717) is 18.0 Å². The number of ether oxygens (including phenoxy) is 3. The molecule has 0 aromatic heterocycles. The molecule has 5 heteroatoms. The average molecular weight is 329 g/mol. The summed E-state index contributed by atoms with van der Waals surface area (Å²) in [7, 11) is 3.22. The number of aryl methyl sites for hydroxylation is 1. The average Bonchev–Trinajstić information content (AvgIpc) is 2.59. The maximum absolute atomic E-state index is 12.0. The number of rotatable bonds is 7. The smallest absolute Gasteiger partial charge is 0.258 e. The summed E-state index contributed by atoms with van der Waals surface area (Å²) < 4.78 is 16.2. The molecule has 1 amide bonds. The third kappa shape index (κ3) is 4.41. The largest absolute Gasteiger partial charge is 0.496 e. The summed E-state index contributed by atoms with van der Waals surface area (Å²) in [4.78, 5) is 12.0. The Morgan fingerprint density at radius 2 is 1.71 bits per heavy atom. The minimum atomic E-state index is -0.189. The normalized spacial score (nSPS) is 10.2. The van der Waals surface area contributed by atoms with Gasteiger partial charge in [-0.1, -0.05) is 17.7 Å². The van der Waals surface area contributed by atoms with Crippen molar-refractivity contribution in [2.75, 3.05) is 20.8 Å². The van der Waals surface area contributed by atoms with Crippen LogP contribution in [0.3, 0.4) is 0 Å². The van der Waals surface area contributed by atoms with Crippen LogP contribution in [-0.4, -0.2) is 26.7 Å². The topological polar surface area (TPSA) is 56.8 Å². The van der Waals surface area contributed by atoms with Gasteiger partial charge in [0.2, 0.25) is 0 Å². The fourth-order valence-corrected chi connectivity index (χ4v) is 2.40. The van der Waals surface area contributed by atoms with Gasteiger partial charge in [-0.25, -0.2) is 0 Å². The molecule has 24 heavy (non-hydrogen) atoms. The summed E-state index contributed by atoms with van der Waals surface area (Å²) in [6, 6.07) is 11.3. The van der Waals surface area contributed by atoms with Crippen molar-refractivity contribution in [1.29, 1.82) is 0 Å². The Balaban J connectivity index is 1.91. The van der Waals surface area contributed by atoms with Gasteiger partial charge in [-0.2, -0.15) is 0 Å². The molecule has 0 spiro atoms. The Morgan fingerprint density at radius 1 is 1.00 bits per heavy atom. The summed E-state index contributed by atoms with van der Waals surface area (Å²) >= 11 is 0. The fourth-order valence-electron chi connectivity index (χ4n) is 2.40. The summed E-state index contributed by atoms with van der Waals surface area (Å²) in [5.74, 6) is 1.96. The first-order valence-corrected chi connectivity index (χ1v) is 7.71. The number of carbonyl (C=O) groups excluding carboxylic acids is 1. The van der Waals surface area contributed by atoms with Crippen molar-refractivity contribution in [2.24, 2.45) is 0 Å². The summed E-state index contributed by atoms with van der Waals surface area (Å²) in [6.07, 6.45) is 0. The van der Waals surface area contributed by atoms with E-state index in [0.717, 1.165) is 22.4 Å². The molecule has 0 bridgehead atoms. The second kappa shape index (κ2) is 8.24. The van der Waals surface area contributed by atoms with Gasteiger partial charge < -0.3 is 19.5 Å². The SMILES string of the molecule is COc1ccc(CNC(=O)COc2ccc(C)cc2)c(OC)c1C.